The van der Waals surface area contributed by atoms with Crippen LogP contribution in [-0.2, 0) is 21.4 Å². The molecule has 0 bridgehead atoms. The normalized spacial score (nSPS) is 15.5. The van der Waals surface area contributed by atoms with Crippen molar-refractivity contribution in [2.45, 2.75) is 17.9 Å². The zero-order valence-electron chi connectivity index (χ0n) is 15.6. The first kappa shape index (κ1) is 20.8. The Labute approximate surface area is 171 Å². The molecular formula is C20H25ClN3O3S+. The van der Waals surface area contributed by atoms with E-state index in [2.05, 4.69) is 16.9 Å². The number of benzene rings is 2. The first-order valence-corrected chi connectivity index (χ1v) is 11.2. The van der Waals surface area contributed by atoms with Gasteiger partial charge in [0.15, 0.2) is 0 Å². The summed E-state index contributed by atoms with van der Waals surface area (Å²) in [6.45, 7) is 4.24. The van der Waals surface area contributed by atoms with Crippen molar-refractivity contribution in [3.63, 3.8) is 0 Å². The van der Waals surface area contributed by atoms with Crippen molar-refractivity contribution >= 4 is 27.5 Å². The monoisotopic (exact) mass is 422 g/mol. The maximum Gasteiger partial charge on any atom is 0.240 e. The summed E-state index contributed by atoms with van der Waals surface area (Å²) >= 11 is 5.78. The van der Waals surface area contributed by atoms with Crippen molar-refractivity contribution < 1.29 is 18.1 Å². The number of hydrogen-bond acceptors (Lipinski definition) is 3. The highest BCUT2D eigenvalue weighted by Gasteiger charge is 2.24. The molecule has 8 heteroatoms. The van der Waals surface area contributed by atoms with Gasteiger partial charge in [-0.1, -0.05) is 41.9 Å². The van der Waals surface area contributed by atoms with Crippen LogP contribution in [-0.4, -0.2) is 51.9 Å². The number of piperazine rings is 1. The number of rotatable bonds is 7. The summed E-state index contributed by atoms with van der Waals surface area (Å²) in [5.41, 5.74) is 1.30. The largest absolute Gasteiger partial charge is 0.331 e. The molecule has 1 saturated heterocycles. The second-order valence-corrected chi connectivity index (χ2v) is 9.10. The highest BCUT2D eigenvalue weighted by Crippen LogP contribution is 2.13. The zero-order chi connectivity index (χ0) is 20.0. The van der Waals surface area contributed by atoms with Gasteiger partial charge < -0.3 is 9.80 Å². The van der Waals surface area contributed by atoms with Gasteiger partial charge in [-0.25, -0.2) is 13.1 Å². The smallest absolute Gasteiger partial charge is 0.240 e. The van der Waals surface area contributed by atoms with Crippen molar-refractivity contribution in [1.82, 2.24) is 9.62 Å². The fraction of sp³-hybridized carbons (Fsp3) is 0.350. The van der Waals surface area contributed by atoms with E-state index in [-0.39, 0.29) is 23.8 Å². The van der Waals surface area contributed by atoms with Crippen LogP contribution in [0.3, 0.4) is 0 Å². The third-order valence-electron chi connectivity index (χ3n) is 4.88. The average Bonchev–Trinajstić information content (AvgIpc) is 2.69. The molecule has 1 aliphatic heterocycles. The number of hydrogen-bond donors (Lipinski definition) is 2. The second kappa shape index (κ2) is 9.52. The number of sulfonamides is 1. The van der Waals surface area contributed by atoms with Crippen LogP contribution in [0.5, 0.6) is 0 Å². The molecule has 2 aromatic carbocycles. The highest BCUT2D eigenvalue weighted by molar-refractivity contribution is 7.89. The molecule has 1 fully saturated rings. The lowest BCUT2D eigenvalue weighted by Gasteiger charge is -2.32. The number of nitrogens with zero attached hydrogens (tertiary/aromatic N) is 1. The van der Waals surface area contributed by atoms with Crippen LogP contribution in [0.2, 0.25) is 5.02 Å². The van der Waals surface area contributed by atoms with Crippen molar-refractivity contribution in [2.75, 3.05) is 32.7 Å². The van der Waals surface area contributed by atoms with Crippen molar-refractivity contribution in [2.24, 2.45) is 0 Å². The van der Waals surface area contributed by atoms with Crippen molar-refractivity contribution in [3.05, 3.63) is 65.2 Å². The number of halogens is 1. The predicted octanol–water partition coefficient (Wildman–Crippen LogP) is 0.936. The molecule has 0 spiro atoms. The number of nitrogens with one attached hydrogen (secondary N) is 2. The molecule has 1 heterocycles. The van der Waals surface area contributed by atoms with Crippen LogP contribution in [0, 0.1) is 0 Å². The lowest BCUT2D eigenvalue weighted by Crippen LogP contribution is -3.13. The molecule has 2 N–H and O–H groups in total. The van der Waals surface area contributed by atoms with E-state index in [0.717, 1.165) is 19.6 Å². The van der Waals surface area contributed by atoms with Crippen LogP contribution >= 0.6 is 11.6 Å². The van der Waals surface area contributed by atoms with Crippen LogP contribution in [0.1, 0.15) is 12.0 Å². The summed E-state index contributed by atoms with van der Waals surface area (Å²) in [6.07, 6.45) is 0.154. The SMILES string of the molecule is O=C(CCNS(=O)(=O)c1ccc(Cl)cc1)N1CC[NH+](Cc2ccccc2)CC1. The van der Waals surface area contributed by atoms with E-state index in [1.54, 1.807) is 0 Å². The number of amides is 1. The topological polar surface area (TPSA) is 70.9 Å². The number of carbonyl (C=O) groups is 1. The Morgan fingerprint density at radius 2 is 1.68 bits per heavy atom. The standard InChI is InChI=1S/C20H24ClN3O3S/c21-18-6-8-19(9-7-18)28(26,27)22-11-10-20(25)24-14-12-23(13-15-24)16-17-4-2-1-3-5-17/h1-9,22H,10-16H2/p+1. The van der Waals surface area contributed by atoms with E-state index >= 15 is 0 Å². The van der Waals surface area contributed by atoms with E-state index in [0.29, 0.717) is 18.1 Å². The third kappa shape index (κ3) is 5.78. The zero-order valence-corrected chi connectivity index (χ0v) is 17.2. The van der Waals surface area contributed by atoms with E-state index in [9.17, 15) is 13.2 Å². The molecule has 0 aromatic heterocycles. The lowest BCUT2D eigenvalue weighted by molar-refractivity contribution is -0.917. The minimum Gasteiger partial charge on any atom is -0.331 e. The van der Waals surface area contributed by atoms with Gasteiger partial charge in [0.1, 0.15) is 6.54 Å². The molecule has 3 rings (SSSR count). The molecule has 1 aliphatic rings. The minimum atomic E-state index is -3.63. The predicted molar refractivity (Wildman–Crippen MR) is 109 cm³/mol. The highest BCUT2D eigenvalue weighted by atomic mass is 35.5. The van der Waals surface area contributed by atoms with Gasteiger partial charge in [-0.3, -0.25) is 4.79 Å². The van der Waals surface area contributed by atoms with E-state index in [4.69, 9.17) is 11.6 Å². The molecule has 2 aromatic rings. The summed E-state index contributed by atoms with van der Waals surface area (Å²) in [6, 6.07) is 16.3. The first-order valence-electron chi connectivity index (χ1n) is 9.34. The lowest BCUT2D eigenvalue weighted by atomic mass is 10.2. The fourth-order valence-electron chi connectivity index (χ4n) is 3.28. The minimum absolute atomic E-state index is 0.0161. The quantitative estimate of drug-likeness (QED) is 0.697. The van der Waals surface area contributed by atoms with Gasteiger partial charge in [0.25, 0.3) is 0 Å². The van der Waals surface area contributed by atoms with Gasteiger partial charge in [0.05, 0.1) is 31.1 Å². The van der Waals surface area contributed by atoms with Crippen LogP contribution in [0.4, 0.5) is 0 Å². The van der Waals surface area contributed by atoms with E-state index < -0.39 is 10.0 Å². The van der Waals surface area contributed by atoms with Gasteiger partial charge in [-0.15, -0.1) is 0 Å². The second-order valence-electron chi connectivity index (χ2n) is 6.89. The van der Waals surface area contributed by atoms with Gasteiger partial charge >= 0.3 is 0 Å². The summed E-state index contributed by atoms with van der Waals surface area (Å²) < 4.78 is 27.0. The van der Waals surface area contributed by atoms with Gasteiger partial charge in [-0.05, 0) is 24.3 Å². The fourth-order valence-corrected chi connectivity index (χ4v) is 4.44. The van der Waals surface area contributed by atoms with Crippen LogP contribution < -0.4 is 9.62 Å². The van der Waals surface area contributed by atoms with Crippen LogP contribution in [0.15, 0.2) is 59.5 Å². The summed E-state index contributed by atoms with van der Waals surface area (Å²) in [7, 11) is -3.63. The Morgan fingerprint density at radius 1 is 1.04 bits per heavy atom. The molecule has 1 amide bonds. The average molecular weight is 423 g/mol. The Balaban J connectivity index is 1.41. The summed E-state index contributed by atoms with van der Waals surface area (Å²) in [4.78, 5) is 15.8. The molecule has 0 radical (unpaired) electrons. The van der Waals surface area contributed by atoms with Gasteiger partial charge in [-0.2, -0.15) is 0 Å². The molecule has 0 saturated carbocycles. The Bertz CT molecular complexity index is 881. The maximum atomic E-state index is 12.4. The molecule has 0 atom stereocenters. The van der Waals surface area contributed by atoms with Crippen molar-refractivity contribution in [3.8, 4) is 0 Å². The summed E-state index contributed by atoms with van der Waals surface area (Å²) in [5.74, 6) is -0.0161. The van der Waals surface area contributed by atoms with E-state index in [1.807, 2.05) is 23.1 Å². The Morgan fingerprint density at radius 3 is 2.32 bits per heavy atom. The van der Waals surface area contributed by atoms with Crippen molar-refractivity contribution in [1.29, 1.82) is 0 Å². The van der Waals surface area contributed by atoms with Crippen LogP contribution in [0.25, 0.3) is 0 Å². The number of quaternary nitrogens is 1. The van der Waals surface area contributed by atoms with Gasteiger partial charge in [0.2, 0.25) is 15.9 Å². The number of carbonyl (C=O) groups excluding carboxylic acids is 1. The Hall–Kier alpha value is -1.93. The molecule has 0 aliphatic carbocycles. The molecule has 150 valence electrons. The molecule has 0 unspecified atom stereocenters. The van der Waals surface area contributed by atoms with E-state index in [1.165, 1.54) is 34.7 Å². The first-order chi connectivity index (χ1) is 13.4. The molecule has 6 nitrogen and oxygen atoms in total. The van der Waals surface area contributed by atoms with Gasteiger partial charge in [0, 0.05) is 23.6 Å². The third-order valence-corrected chi connectivity index (χ3v) is 6.60. The molecular weight excluding hydrogens is 398 g/mol. The summed E-state index contributed by atoms with van der Waals surface area (Å²) in [5, 5.41) is 0.475. The molecule has 28 heavy (non-hydrogen) atoms. The maximum absolute atomic E-state index is 12.4. The Kier molecular flexibility index (Phi) is 7.07.